The largest absolute Gasteiger partial charge is 0.383 e. The van der Waals surface area contributed by atoms with Gasteiger partial charge in [0.05, 0.1) is 6.61 Å². The lowest BCUT2D eigenvalue weighted by Gasteiger charge is -2.25. The zero-order chi connectivity index (χ0) is 14.0. The van der Waals surface area contributed by atoms with Gasteiger partial charge >= 0.3 is 0 Å². The van der Waals surface area contributed by atoms with E-state index < -0.39 is 0 Å². The number of ether oxygens (including phenoxy) is 1. The van der Waals surface area contributed by atoms with Gasteiger partial charge in [0.2, 0.25) is 0 Å². The van der Waals surface area contributed by atoms with Crippen molar-refractivity contribution in [3.63, 3.8) is 0 Å². The fraction of sp³-hybridized carbons (Fsp3) is 0.588. The van der Waals surface area contributed by atoms with Gasteiger partial charge in [0, 0.05) is 32.6 Å². The van der Waals surface area contributed by atoms with Crippen molar-refractivity contribution < 1.29 is 4.74 Å². The minimum Gasteiger partial charge on any atom is -0.383 e. The van der Waals surface area contributed by atoms with Gasteiger partial charge in [-0.2, -0.15) is 0 Å². The zero-order valence-corrected chi connectivity index (χ0v) is 12.5. The van der Waals surface area contributed by atoms with Gasteiger partial charge in [-0.25, -0.2) is 0 Å². The minimum atomic E-state index is 0.743. The molecule has 0 radical (unpaired) electrons. The molecule has 110 valence electrons. The summed E-state index contributed by atoms with van der Waals surface area (Å²) in [4.78, 5) is 4.09. The van der Waals surface area contributed by atoms with Gasteiger partial charge in [-0.05, 0) is 36.5 Å². The van der Waals surface area contributed by atoms with Crippen LogP contribution in [0, 0.1) is 5.92 Å². The van der Waals surface area contributed by atoms with E-state index >= 15 is 0 Å². The molecule has 0 aliphatic heterocycles. The van der Waals surface area contributed by atoms with E-state index in [9.17, 15) is 0 Å². The number of rotatable bonds is 7. The summed E-state index contributed by atoms with van der Waals surface area (Å²) < 4.78 is 5.10. The molecule has 20 heavy (non-hydrogen) atoms. The first kappa shape index (κ1) is 15.2. The zero-order valence-electron chi connectivity index (χ0n) is 12.5. The molecule has 3 heteroatoms. The smallest absolute Gasteiger partial charge is 0.0587 e. The van der Waals surface area contributed by atoms with Crippen molar-refractivity contribution >= 4 is 6.08 Å². The first-order valence-corrected chi connectivity index (χ1v) is 7.70. The number of methoxy groups -OCH3 is 1. The van der Waals surface area contributed by atoms with Crippen LogP contribution in [0.15, 0.2) is 30.1 Å². The van der Waals surface area contributed by atoms with E-state index in [4.69, 9.17) is 4.74 Å². The van der Waals surface area contributed by atoms with Crippen LogP contribution in [0.1, 0.15) is 37.7 Å². The molecule has 0 atom stereocenters. The van der Waals surface area contributed by atoms with Gasteiger partial charge in [0.1, 0.15) is 0 Å². The molecule has 0 aromatic carbocycles. The first-order valence-electron chi connectivity index (χ1n) is 7.70. The maximum atomic E-state index is 5.10. The number of nitrogens with one attached hydrogen (secondary N) is 1. The lowest BCUT2D eigenvalue weighted by atomic mass is 9.83. The van der Waals surface area contributed by atoms with Crippen LogP contribution in [0.25, 0.3) is 6.08 Å². The number of aromatic nitrogens is 1. The third kappa shape index (κ3) is 5.06. The highest BCUT2D eigenvalue weighted by atomic mass is 16.5. The van der Waals surface area contributed by atoms with Gasteiger partial charge in [-0.1, -0.05) is 30.9 Å². The van der Waals surface area contributed by atoms with Crippen LogP contribution in [0.5, 0.6) is 0 Å². The summed E-state index contributed by atoms with van der Waals surface area (Å²) in [6, 6.07) is 4.16. The summed E-state index contributed by atoms with van der Waals surface area (Å²) in [7, 11) is 1.75. The molecule has 1 aliphatic rings. The summed E-state index contributed by atoms with van der Waals surface area (Å²) in [5.74, 6) is 0.743. The molecule has 0 spiro atoms. The first-order chi connectivity index (χ1) is 9.90. The van der Waals surface area contributed by atoms with E-state index in [1.54, 1.807) is 7.11 Å². The summed E-state index contributed by atoms with van der Waals surface area (Å²) in [5.41, 5.74) is 2.79. The Morgan fingerprint density at radius 3 is 2.75 bits per heavy atom. The van der Waals surface area contributed by atoms with E-state index in [-0.39, 0.29) is 0 Å². The predicted molar refractivity (Wildman–Crippen MR) is 83.5 cm³/mol. The van der Waals surface area contributed by atoms with Crippen LogP contribution in [0.4, 0.5) is 0 Å². The molecular weight excluding hydrogens is 248 g/mol. The molecule has 1 N–H and O–H groups in total. The fourth-order valence-corrected chi connectivity index (χ4v) is 2.87. The molecule has 1 aromatic heterocycles. The van der Waals surface area contributed by atoms with Gasteiger partial charge in [-0.15, -0.1) is 0 Å². The van der Waals surface area contributed by atoms with E-state index in [0.717, 1.165) is 25.6 Å². The van der Waals surface area contributed by atoms with Crippen molar-refractivity contribution in [2.24, 2.45) is 5.92 Å². The second-order valence-electron chi connectivity index (χ2n) is 5.50. The molecule has 1 aliphatic carbocycles. The summed E-state index contributed by atoms with van der Waals surface area (Å²) >= 11 is 0. The van der Waals surface area contributed by atoms with Crippen molar-refractivity contribution in [1.29, 1.82) is 0 Å². The molecule has 3 nitrogen and oxygen atoms in total. The Morgan fingerprint density at radius 2 is 2.05 bits per heavy atom. The average molecular weight is 274 g/mol. The third-order valence-corrected chi connectivity index (χ3v) is 4.00. The maximum absolute atomic E-state index is 5.10. The number of pyridine rings is 1. The van der Waals surface area contributed by atoms with Crippen LogP contribution in [-0.4, -0.2) is 31.8 Å². The SMILES string of the molecule is COCCNC/C(=C/c1ccncc1)C1CCCCC1. The molecule has 1 heterocycles. The Balaban J connectivity index is 2.00. The highest BCUT2D eigenvalue weighted by Crippen LogP contribution is 2.30. The quantitative estimate of drug-likeness (QED) is 0.775. The summed E-state index contributed by atoms with van der Waals surface area (Å²) in [6.07, 6.45) is 12.9. The number of hydrogen-bond acceptors (Lipinski definition) is 3. The average Bonchev–Trinajstić information content (AvgIpc) is 2.52. The van der Waals surface area contributed by atoms with Crippen molar-refractivity contribution in [1.82, 2.24) is 10.3 Å². The Labute approximate surface area is 122 Å². The summed E-state index contributed by atoms with van der Waals surface area (Å²) in [6.45, 7) is 2.65. The third-order valence-electron chi connectivity index (χ3n) is 4.00. The molecule has 1 fully saturated rings. The molecular formula is C17H26N2O. The van der Waals surface area contributed by atoms with E-state index in [1.165, 1.54) is 43.2 Å². The van der Waals surface area contributed by atoms with Gasteiger partial charge < -0.3 is 10.1 Å². The summed E-state index contributed by atoms with van der Waals surface area (Å²) in [5, 5.41) is 3.50. The maximum Gasteiger partial charge on any atom is 0.0587 e. The van der Waals surface area contributed by atoms with Crippen LogP contribution < -0.4 is 5.32 Å². The van der Waals surface area contributed by atoms with E-state index in [2.05, 4.69) is 28.5 Å². The van der Waals surface area contributed by atoms with Gasteiger partial charge in [0.25, 0.3) is 0 Å². The Morgan fingerprint density at radius 1 is 1.30 bits per heavy atom. The van der Waals surface area contributed by atoms with Crippen molar-refractivity contribution in [2.45, 2.75) is 32.1 Å². The van der Waals surface area contributed by atoms with Crippen LogP contribution >= 0.6 is 0 Å². The van der Waals surface area contributed by atoms with Crippen molar-refractivity contribution in [3.8, 4) is 0 Å². The van der Waals surface area contributed by atoms with Gasteiger partial charge in [0.15, 0.2) is 0 Å². The standard InChI is InChI=1S/C17H26N2O/c1-20-12-11-19-14-17(16-5-3-2-4-6-16)13-15-7-9-18-10-8-15/h7-10,13,16,19H,2-6,11-12,14H2,1H3/b17-13-. The van der Waals surface area contributed by atoms with Gasteiger partial charge in [-0.3, -0.25) is 4.98 Å². The van der Waals surface area contributed by atoms with E-state index in [1.807, 2.05) is 12.4 Å². The molecule has 2 rings (SSSR count). The second kappa shape index (κ2) is 8.88. The molecule has 0 bridgehead atoms. The molecule has 1 saturated carbocycles. The highest BCUT2D eigenvalue weighted by Gasteiger charge is 2.17. The van der Waals surface area contributed by atoms with Crippen molar-refractivity contribution in [2.75, 3.05) is 26.8 Å². The molecule has 0 unspecified atom stereocenters. The van der Waals surface area contributed by atoms with E-state index in [0.29, 0.717) is 0 Å². The topological polar surface area (TPSA) is 34.1 Å². The number of hydrogen-bond donors (Lipinski definition) is 1. The molecule has 0 amide bonds. The Bertz CT molecular complexity index is 397. The Kier molecular flexibility index (Phi) is 6.75. The second-order valence-corrected chi connectivity index (χ2v) is 5.50. The van der Waals surface area contributed by atoms with Crippen molar-refractivity contribution in [3.05, 3.63) is 35.7 Å². The van der Waals surface area contributed by atoms with Crippen LogP contribution in [0.3, 0.4) is 0 Å². The van der Waals surface area contributed by atoms with Crippen LogP contribution in [-0.2, 0) is 4.74 Å². The fourth-order valence-electron chi connectivity index (χ4n) is 2.87. The Hall–Kier alpha value is -1.19. The highest BCUT2D eigenvalue weighted by molar-refractivity contribution is 5.53. The lowest BCUT2D eigenvalue weighted by Crippen LogP contribution is -2.25. The number of nitrogens with zero attached hydrogens (tertiary/aromatic N) is 1. The predicted octanol–water partition coefficient (Wildman–Crippen LogP) is 3.28. The lowest BCUT2D eigenvalue weighted by molar-refractivity contribution is 0.200. The minimum absolute atomic E-state index is 0.743. The van der Waals surface area contributed by atoms with Crippen LogP contribution in [0.2, 0.25) is 0 Å². The molecule has 1 aromatic rings. The molecule has 0 saturated heterocycles. The normalized spacial score (nSPS) is 17.4. The monoisotopic (exact) mass is 274 g/mol.